The van der Waals surface area contributed by atoms with Crippen molar-refractivity contribution < 1.29 is 14.3 Å². The fraction of sp³-hybridized carbons (Fsp3) is 0.0625. The molecule has 3 nitrogen and oxygen atoms in total. The molecule has 0 aromatic heterocycles. The molecule has 2 aromatic rings. The van der Waals surface area contributed by atoms with Gasteiger partial charge in [0.1, 0.15) is 27.2 Å². The van der Waals surface area contributed by atoms with E-state index in [9.17, 15) is 4.79 Å². The maximum absolute atomic E-state index is 12.1. The Kier molecular flexibility index (Phi) is 2.24. The lowest BCUT2D eigenvalue weighted by molar-refractivity contribution is 0.0715. The van der Waals surface area contributed by atoms with Gasteiger partial charge in [0, 0.05) is 21.9 Å². The van der Waals surface area contributed by atoms with Crippen LogP contribution in [-0.4, -0.2) is 27.1 Å². The first-order valence-corrected chi connectivity index (χ1v) is 6.44. The van der Waals surface area contributed by atoms with Crippen LogP contribution in [0.15, 0.2) is 36.9 Å². The minimum Gasteiger partial charge on any atom is -0.502 e. The highest BCUT2D eigenvalue weighted by Crippen LogP contribution is 2.45. The minimum absolute atomic E-state index is 0.347. The number of ether oxygens (including phenoxy) is 2. The van der Waals surface area contributed by atoms with Gasteiger partial charge in [-0.2, -0.15) is 0 Å². The van der Waals surface area contributed by atoms with E-state index in [1.54, 1.807) is 6.08 Å². The Balaban J connectivity index is 2.20. The first-order chi connectivity index (χ1) is 9.98. The predicted molar refractivity (Wildman–Crippen MR) is 82.3 cm³/mol. The fourth-order valence-electron chi connectivity index (χ4n) is 2.84. The molecule has 2 aliphatic heterocycles. The van der Waals surface area contributed by atoms with Crippen molar-refractivity contribution in [1.82, 2.24) is 0 Å². The Morgan fingerprint density at radius 3 is 2.57 bits per heavy atom. The van der Waals surface area contributed by atoms with E-state index in [4.69, 9.17) is 25.2 Å². The molecule has 0 fully saturated rings. The van der Waals surface area contributed by atoms with Gasteiger partial charge in [-0.15, -0.1) is 0 Å². The summed E-state index contributed by atoms with van der Waals surface area (Å²) >= 11 is 0. The number of hydrogen-bond donors (Lipinski definition) is 0. The third kappa shape index (κ3) is 1.60. The van der Waals surface area contributed by atoms with Crippen LogP contribution >= 0.6 is 0 Å². The third-order valence-corrected chi connectivity index (χ3v) is 3.69. The van der Waals surface area contributed by atoms with Crippen molar-refractivity contribution in [1.29, 1.82) is 0 Å². The van der Waals surface area contributed by atoms with E-state index in [1.807, 2.05) is 24.3 Å². The van der Waals surface area contributed by atoms with Crippen molar-refractivity contribution in [2.45, 2.75) is 5.40 Å². The van der Waals surface area contributed by atoms with E-state index in [-0.39, 0.29) is 0 Å². The third-order valence-electron chi connectivity index (χ3n) is 3.69. The topological polar surface area (TPSA) is 35.5 Å². The highest BCUT2D eigenvalue weighted by atomic mass is 16.5. The molecule has 4 radical (unpaired) electrons. The van der Waals surface area contributed by atoms with E-state index in [2.05, 4.69) is 6.58 Å². The Labute approximate surface area is 124 Å². The van der Waals surface area contributed by atoms with Crippen LogP contribution in [0.5, 0.6) is 5.75 Å². The zero-order chi connectivity index (χ0) is 14.8. The van der Waals surface area contributed by atoms with E-state index in [0.717, 1.165) is 10.8 Å². The molecule has 21 heavy (non-hydrogen) atoms. The number of esters is 1. The molecule has 0 aliphatic carbocycles. The molecule has 0 atom stereocenters. The minimum atomic E-state index is -1.40. The zero-order valence-electron chi connectivity index (χ0n) is 11.1. The summed E-state index contributed by atoms with van der Waals surface area (Å²) in [4.78, 5) is 12.1. The molecule has 0 saturated heterocycles. The monoisotopic (exact) mass is 270 g/mol. The molecule has 0 bridgehead atoms. The number of carbonyl (C=O) groups is 1. The van der Waals surface area contributed by atoms with E-state index >= 15 is 0 Å². The lowest BCUT2D eigenvalue weighted by atomic mass is 9.64. The van der Waals surface area contributed by atoms with Gasteiger partial charge in [-0.1, -0.05) is 43.0 Å². The quantitative estimate of drug-likeness (QED) is 0.544. The molecule has 0 saturated carbocycles. The average molecular weight is 270 g/mol. The van der Waals surface area contributed by atoms with Crippen LogP contribution in [0.25, 0.3) is 22.6 Å². The second-order valence-corrected chi connectivity index (χ2v) is 5.14. The molecular formula is C16H8B2O3. The maximum Gasteiger partial charge on any atom is 0.345 e. The van der Waals surface area contributed by atoms with Crippen molar-refractivity contribution in [2.75, 3.05) is 0 Å². The summed E-state index contributed by atoms with van der Waals surface area (Å²) in [6.07, 6.45) is 3.21. The standard InChI is InChI=1S/C16H8B2O3/c1-8-12-9-4-2-3-5-10(9)14-11(13(12)15(19)20-8)6-7-16(17,18)21-14/h2-7H,1H2. The molecule has 96 valence electrons. The smallest absolute Gasteiger partial charge is 0.345 e. The molecule has 5 heteroatoms. The molecule has 2 heterocycles. The SMILES string of the molecule is [B]C1([B])C=Cc2c3c(c4ccccc4c2O1)C(=C)OC3=O. The molecule has 0 amide bonds. The summed E-state index contributed by atoms with van der Waals surface area (Å²) in [6, 6.07) is 7.53. The van der Waals surface area contributed by atoms with E-state index < -0.39 is 11.4 Å². The van der Waals surface area contributed by atoms with Gasteiger partial charge >= 0.3 is 5.97 Å². The molecule has 2 aliphatic rings. The lowest BCUT2D eigenvalue weighted by Crippen LogP contribution is -2.36. The second-order valence-electron chi connectivity index (χ2n) is 5.14. The fourth-order valence-corrected chi connectivity index (χ4v) is 2.84. The van der Waals surface area contributed by atoms with Crippen molar-refractivity contribution in [3.8, 4) is 5.75 Å². The first kappa shape index (κ1) is 12.3. The van der Waals surface area contributed by atoms with E-state index in [0.29, 0.717) is 28.2 Å². The first-order valence-electron chi connectivity index (χ1n) is 6.44. The number of rotatable bonds is 0. The van der Waals surface area contributed by atoms with Crippen LogP contribution in [0.4, 0.5) is 0 Å². The molecule has 0 unspecified atom stereocenters. The summed E-state index contributed by atoms with van der Waals surface area (Å²) < 4.78 is 10.8. The summed E-state index contributed by atoms with van der Waals surface area (Å²) in [5, 5.41) is 0.243. The second kappa shape index (κ2) is 3.82. The number of benzene rings is 2. The van der Waals surface area contributed by atoms with Crippen LogP contribution < -0.4 is 4.74 Å². The Bertz CT molecular complexity index is 865. The molecule has 2 aromatic carbocycles. The number of cyclic esters (lactones) is 1. The van der Waals surface area contributed by atoms with Gasteiger partial charge in [0.15, 0.2) is 0 Å². The van der Waals surface area contributed by atoms with Gasteiger partial charge in [0.25, 0.3) is 0 Å². The van der Waals surface area contributed by atoms with Gasteiger partial charge < -0.3 is 9.47 Å². The Morgan fingerprint density at radius 1 is 1.10 bits per heavy atom. The van der Waals surface area contributed by atoms with E-state index in [1.165, 1.54) is 6.08 Å². The maximum atomic E-state index is 12.1. The van der Waals surface area contributed by atoms with Gasteiger partial charge in [0.2, 0.25) is 0 Å². The molecular weight excluding hydrogens is 262 g/mol. The number of hydrogen-bond acceptors (Lipinski definition) is 3. The molecule has 4 rings (SSSR count). The zero-order valence-corrected chi connectivity index (χ0v) is 11.1. The van der Waals surface area contributed by atoms with Crippen LogP contribution in [0, 0.1) is 0 Å². The van der Waals surface area contributed by atoms with Crippen LogP contribution in [0.3, 0.4) is 0 Å². The summed E-state index contributed by atoms with van der Waals surface area (Å²) in [6.45, 7) is 3.82. The van der Waals surface area contributed by atoms with Crippen molar-refractivity contribution in [3.05, 3.63) is 53.6 Å². The largest absolute Gasteiger partial charge is 0.502 e. The number of carbonyl (C=O) groups excluding carboxylic acids is 1. The normalized spacial score (nSPS) is 18.1. The van der Waals surface area contributed by atoms with Crippen molar-refractivity contribution >= 4 is 44.3 Å². The van der Waals surface area contributed by atoms with Gasteiger partial charge in [-0.3, -0.25) is 0 Å². The summed E-state index contributed by atoms with van der Waals surface area (Å²) in [7, 11) is 11.7. The Morgan fingerprint density at radius 2 is 1.81 bits per heavy atom. The lowest BCUT2D eigenvalue weighted by Gasteiger charge is -2.31. The van der Waals surface area contributed by atoms with Gasteiger partial charge in [-0.05, 0) is 5.39 Å². The van der Waals surface area contributed by atoms with Crippen LogP contribution in [-0.2, 0) is 4.74 Å². The highest BCUT2D eigenvalue weighted by Gasteiger charge is 2.35. The average Bonchev–Trinajstić information content (AvgIpc) is 2.73. The summed E-state index contributed by atoms with van der Waals surface area (Å²) in [5.74, 6) is 0.398. The van der Waals surface area contributed by atoms with Crippen LogP contribution in [0.1, 0.15) is 21.5 Å². The molecule has 0 spiro atoms. The van der Waals surface area contributed by atoms with Crippen molar-refractivity contribution in [3.63, 3.8) is 0 Å². The highest BCUT2D eigenvalue weighted by molar-refractivity contribution is 6.41. The van der Waals surface area contributed by atoms with Crippen molar-refractivity contribution in [2.24, 2.45) is 0 Å². The Hall–Kier alpha value is -2.42. The molecule has 0 N–H and O–H groups in total. The number of fused-ring (bicyclic) bond motifs is 6. The van der Waals surface area contributed by atoms with Gasteiger partial charge in [0.05, 0.1) is 5.56 Å². The predicted octanol–water partition coefficient (Wildman–Crippen LogP) is 2.38. The van der Waals surface area contributed by atoms with Crippen LogP contribution in [0.2, 0.25) is 0 Å². The summed E-state index contributed by atoms with van der Waals surface area (Å²) in [5.41, 5.74) is 1.77. The van der Waals surface area contributed by atoms with Gasteiger partial charge in [-0.25, -0.2) is 4.79 Å².